The van der Waals surface area contributed by atoms with Gasteiger partial charge in [0.25, 0.3) is 0 Å². The third-order valence-electron chi connectivity index (χ3n) is 3.17. The number of benzene rings is 1. The second-order valence-electron chi connectivity index (χ2n) is 4.03. The third kappa shape index (κ3) is 1.16. The molecule has 0 saturated heterocycles. The minimum absolute atomic E-state index is 1.05. The zero-order valence-electron chi connectivity index (χ0n) is 8.53. The van der Waals surface area contributed by atoms with E-state index in [1.54, 1.807) is 6.20 Å². The molecule has 1 heteroatoms. The summed E-state index contributed by atoms with van der Waals surface area (Å²) in [5.74, 6) is 0. The summed E-state index contributed by atoms with van der Waals surface area (Å²) in [6.07, 6.45) is 10.1. The first-order chi connectivity index (χ1) is 7.40. The van der Waals surface area contributed by atoms with E-state index in [-0.39, 0.29) is 0 Å². The van der Waals surface area contributed by atoms with Gasteiger partial charge in [0.2, 0.25) is 0 Å². The Morgan fingerprint density at radius 2 is 2.07 bits per heavy atom. The van der Waals surface area contributed by atoms with E-state index in [9.17, 15) is 0 Å². The van der Waals surface area contributed by atoms with E-state index in [1.165, 1.54) is 27.8 Å². The average molecular weight is 195 g/mol. The van der Waals surface area contributed by atoms with Gasteiger partial charge in [-0.05, 0) is 53.0 Å². The van der Waals surface area contributed by atoms with Gasteiger partial charge in [-0.25, -0.2) is 0 Å². The predicted octanol–water partition coefficient (Wildman–Crippen LogP) is 2.58. The maximum absolute atomic E-state index is 5.37. The summed E-state index contributed by atoms with van der Waals surface area (Å²) >= 11 is 0. The van der Waals surface area contributed by atoms with Gasteiger partial charge in [-0.2, -0.15) is 0 Å². The highest BCUT2D eigenvalue weighted by atomic mass is 14.5. The Balaban J connectivity index is 2.13. The van der Waals surface area contributed by atoms with Crippen molar-refractivity contribution < 1.29 is 0 Å². The minimum Gasteiger partial charge on any atom is -0.405 e. The molecule has 1 aromatic carbocycles. The van der Waals surface area contributed by atoms with Crippen LogP contribution in [-0.2, 0) is 12.8 Å². The third-order valence-corrected chi connectivity index (χ3v) is 3.17. The normalized spacial score (nSPS) is 20.0. The Bertz CT molecular complexity index is 504. The van der Waals surface area contributed by atoms with Crippen LogP contribution in [0.4, 0.5) is 0 Å². The lowest BCUT2D eigenvalue weighted by molar-refractivity contribution is 1.21. The Morgan fingerprint density at radius 1 is 1.20 bits per heavy atom. The molecule has 0 heterocycles. The number of rotatable bonds is 1. The molecular weight excluding hydrogens is 182 g/mol. The minimum atomic E-state index is 1.05. The second-order valence-corrected chi connectivity index (χ2v) is 4.03. The van der Waals surface area contributed by atoms with Gasteiger partial charge in [-0.1, -0.05) is 30.4 Å². The van der Waals surface area contributed by atoms with Gasteiger partial charge in [0, 0.05) is 0 Å². The molecule has 74 valence electrons. The van der Waals surface area contributed by atoms with Crippen LogP contribution < -0.4 is 5.73 Å². The van der Waals surface area contributed by atoms with Crippen molar-refractivity contribution in [1.82, 2.24) is 0 Å². The predicted molar refractivity (Wildman–Crippen MR) is 63.2 cm³/mol. The molecule has 1 nitrogen and oxygen atoms in total. The van der Waals surface area contributed by atoms with E-state index in [0.29, 0.717) is 0 Å². The van der Waals surface area contributed by atoms with E-state index in [1.807, 2.05) is 6.08 Å². The standard InChI is InChI=1S/C14H13N/c15-8-2-5-11-9-12-4-1-3-10-6-7-13(11)14(10)12/h1-5,7-8H,6,9,15H2/b8-2-,11-5-. The van der Waals surface area contributed by atoms with Crippen LogP contribution in [0.15, 0.2) is 48.2 Å². The van der Waals surface area contributed by atoms with E-state index < -0.39 is 0 Å². The number of allylic oxidation sites excluding steroid dienone is 5. The van der Waals surface area contributed by atoms with E-state index in [4.69, 9.17) is 5.73 Å². The first kappa shape index (κ1) is 8.54. The topological polar surface area (TPSA) is 26.0 Å². The van der Waals surface area contributed by atoms with Crippen molar-refractivity contribution in [2.75, 3.05) is 0 Å². The van der Waals surface area contributed by atoms with Crippen LogP contribution in [0.25, 0.3) is 5.57 Å². The SMILES string of the molecule is N/C=C\C=C1\Cc2cccc3c2C1=CC3. The van der Waals surface area contributed by atoms with Gasteiger partial charge in [-0.3, -0.25) is 0 Å². The summed E-state index contributed by atoms with van der Waals surface area (Å²) < 4.78 is 0. The lowest BCUT2D eigenvalue weighted by atomic mass is 10.1. The molecule has 2 N–H and O–H groups in total. The highest BCUT2D eigenvalue weighted by Gasteiger charge is 2.26. The van der Waals surface area contributed by atoms with Crippen LogP contribution in [0.2, 0.25) is 0 Å². The molecule has 15 heavy (non-hydrogen) atoms. The van der Waals surface area contributed by atoms with Gasteiger partial charge in [0.1, 0.15) is 0 Å². The largest absolute Gasteiger partial charge is 0.405 e. The molecule has 0 bridgehead atoms. The Labute approximate surface area is 89.6 Å². The van der Waals surface area contributed by atoms with E-state index in [0.717, 1.165) is 12.8 Å². The maximum Gasteiger partial charge on any atom is -0.00135 e. The highest BCUT2D eigenvalue weighted by molar-refractivity contribution is 5.90. The molecule has 0 amide bonds. The van der Waals surface area contributed by atoms with Gasteiger partial charge >= 0.3 is 0 Å². The number of nitrogens with two attached hydrogens (primary N) is 1. The molecule has 0 unspecified atom stereocenters. The summed E-state index contributed by atoms with van der Waals surface area (Å²) in [5, 5.41) is 0. The fourth-order valence-electron chi connectivity index (χ4n) is 2.54. The molecule has 0 aromatic heterocycles. The van der Waals surface area contributed by atoms with Crippen molar-refractivity contribution in [2.45, 2.75) is 12.8 Å². The molecule has 0 fully saturated rings. The van der Waals surface area contributed by atoms with Crippen LogP contribution in [0.1, 0.15) is 16.7 Å². The van der Waals surface area contributed by atoms with E-state index in [2.05, 4.69) is 30.4 Å². The maximum atomic E-state index is 5.37. The molecule has 3 rings (SSSR count). The molecule has 2 aliphatic rings. The van der Waals surface area contributed by atoms with Gasteiger partial charge in [-0.15, -0.1) is 0 Å². The zero-order valence-corrected chi connectivity index (χ0v) is 8.53. The molecule has 1 aromatic rings. The van der Waals surface area contributed by atoms with Gasteiger partial charge in [0.15, 0.2) is 0 Å². The Morgan fingerprint density at radius 3 is 2.93 bits per heavy atom. The molecule has 2 aliphatic carbocycles. The highest BCUT2D eigenvalue weighted by Crippen LogP contribution is 2.42. The van der Waals surface area contributed by atoms with Gasteiger partial charge in [0.05, 0.1) is 0 Å². The molecular formula is C14H13N. The second kappa shape index (κ2) is 3.13. The van der Waals surface area contributed by atoms with Crippen LogP contribution in [-0.4, -0.2) is 0 Å². The van der Waals surface area contributed by atoms with Crippen molar-refractivity contribution in [3.63, 3.8) is 0 Å². The monoisotopic (exact) mass is 195 g/mol. The van der Waals surface area contributed by atoms with Crippen molar-refractivity contribution in [2.24, 2.45) is 5.73 Å². The molecule has 0 radical (unpaired) electrons. The zero-order chi connectivity index (χ0) is 10.3. The molecule has 0 spiro atoms. The van der Waals surface area contributed by atoms with Crippen LogP contribution in [0.3, 0.4) is 0 Å². The summed E-state index contributed by atoms with van der Waals surface area (Å²) in [6, 6.07) is 6.61. The van der Waals surface area contributed by atoms with Crippen LogP contribution in [0.5, 0.6) is 0 Å². The summed E-state index contributed by atoms with van der Waals surface area (Å²) in [5.41, 5.74) is 12.6. The number of hydrogen-bond donors (Lipinski definition) is 1. The van der Waals surface area contributed by atoms with Crippen molar-refractivity contribution >= 4 is 5.57 Å². The quantitative estimate of drug-likeness (QED) is 0.732. The van der Waals surface area contributed by atoms with Gasteiger partial charge < -0.3 is 5.73 Å². The lowest BCUT2D eigenvalue weighted by Crippen LogP contribution is -1.85. The Hall–Kier alpha value is -1.76. The lowest BCUT2D eigenvalue weighted by Gasteiger charge is -1.99. The van der Waals surface area contributed by atoms with Crippen LogP contribution in [0, 0.1) is 0 Å². The fourth-order valence-corrected chi connectivity index (χ4v) is 2.54. The first-order valence-electron chi connectivity index (χ1n) is 5.29. The van der Waals surface area contributed by atoms with Crippen LogP contribution >= 0.6 is 0 Å². The van der Waals surface area contributed by atoms with Crippen molar-refractivity contribution in [3.8, 4) is 0 Å². The first-order valence-corrected chi connectivity index (χ1v) is 5.29. The van der Waals surface area contributed by atoms with Crippen molar-refractivity contribution in [3.05, 3.63) is 64.9 Å². The Kier molecular flexibility index (Phi) is 1.78. The summed E-state index contributed by atoms with van der Waals surface area (Å²) in [4.78, 5) is 0. The fraction of sp³-hybridized carbons (Fsp3) is 0.143. The average Bonchev–Trinajstić information content (AvgIpc) is 2.83. The summed E-state index contributed by atoms with van der Waals surface area (Å²) in [6.45, 7) is 0. The molecule has 0 aliphatic heterocycles. The van der Waals surface area contributed by atoms with Crippen molar-refractivity contribution in [1.29, 1.82) is 0 Å². The van der Waals surface area contributed by atoms with E-state index >= 15 is 0 Å². The smallest absolute Gasteiger partial charge is 0.00135 e. The number of hydrogen-bond acceptors (Lipinski definition) is 1. The summed E-state index contributed by atoms with van der Waals surface area (Å²) in [7, 11) is 0. The molecule has 0 atom stereocenters. The molecule has 0 saturated carbocycles.